The third kappa shape index (κ3) is 5.06. The maximum atomic E-state index is 13.0. The molecule has 0 amide bonds. The van der Waals surface area contributed by atoms with Gasteiger partial charge in [-0.2, -0.15) is 0 Å². The highest BCUT2D eigenvalue weighted by Crippen LogP contribution is 2.59. The number of Topliss-reactive ketones (excluding diaryl/α,β-unsaturated/α-hetero) is 1. The zero-order valence-corrected chi connectivity index (χ0v) is 22.6. The molecule has 2 aromatic rings. The number of aryl methyl sites for hydroxylation is 1. The molecule has 1 saturated heterocycles. The Morgan fingerprint density at radius 3 is 2.57 bits per heavy atom. The van der Waals surface area contributed by atoms with Crippen molar-refractivity contribution in [3.05, 3.63) is 59.2 Å². The van der Waals surface area contributed by atoms with Crippen LogP contribution in [-0.2, 0) is 23.1 Å². The first kappa shape index (κ1) is 25.0. The molecule has 0 unspecified atom stereocenters. The van der Waals surface area contributed by atoms with Crippen LogP contribution in [0.2, 0.25) is 0 Å². The minimum Gasteiger partial charge on any atom is -0.493 e. The molecule has 0 radical (unpaired) electrons. The van der Waals surface area contributed by atoms with E-state index in [-0.39, 0.29) is 5.41 Å². The summed E-state index contributed by atoms with van der Waals surface area (Å²) in [6, 6.07) is 15.5. The van der Waals surface area contributed by atoms with Crippen LogP contribution in [0.25, 0.3) is 0 Å². The van der Waals surface area contributed by atoms with E-state index in [1.807, 2.05) is 0 Å². The summed E-state index contributed by atoms with van der Waals surface area (Å²) in [6.45, 7) is 6.01. The molecule has 6 rings (SSSR count). The molecule has 2 aromatic carbocycles. The molecule has 4 aliphatic rings. The van der Waals surface area contributed by atoms with Gasteiger partial charge in [-0.15, -0.1) is 0 Å². The molecule has 2 bridgehead atoms. The average molecular weight is 502 g/mol. The van der Waals surface area contributed by atoms with Crippen LogP contribution in [0.15, 0.2) is 42.5 Å². The van der Waals surface area contributed by atoms with Gasteiger partial charge in [0.15, 0.2) is 0 Å². The summed E-state index contributed by atoms with van der Waals surface area (Å²) in [4.78, 5) is 15.8. The third-order valence-electron chi connectivity index (χ3n) is 9.53. The number of hydrogen-bond donors (Lipinski definition) is 0. The highest BCUT2D eigenvalue weighted by atomic mass is 16.5. The first-order valence-electron chi connectivity index (χ1n) is 14.9. The van der Waals surface area contributed by atoms with Crippen molar-refractivity contribution in [3.8, 4) is 11.5 Å². The number of benzene rings is 2. The predicted octanol–water partition coefficient (Wildman–Crippen LogP) is 6.52. The Bertz CT molecular complexity index is 1090. The van der Waals surface area contributed by atoms with E-state index in [9.17, 15) is 4.79 Å². The van der Waals surface area contributed by atoms with E-state index >= 15 is 0 Å². The summed E-state index contributed by atoms with van der Waals surface area (Å²) in [7, 11) is 0. The van der Waals surface area contributed by atoms with Gasteiger partial charge in [0.2, 0.25) is 0 Å². The van der Waals surface area contributed by atoms with Crippen molar-refractivity contribution in [1.82, 2.24) is 4.90 Å². The second-order valence-electron chi connectivity index (χ2n) is 12.0. The molecule has 1 heterocycles. The van der Waals surface area contributed by atoms with Crippen LogP contribution in [0.3, 0.4) is 0 Å². The molecule has 198 valence electrons. The summed E-state index contributed by atoms with van der Waals surface area (Å²) < 4.78 is 13.0. The van der Waals surface area contributed by atoms with Crippen molar-refractivity contribution < 1.29 is 14.3 Å². The van der Waals surface area contributed by atoms with Crippen molar-refractivity contribution in [3.63, 3.8) is 0 Å². The first-order chi connectivity index (χ1) is 18.2. The van der Waals surface area contributed by atoms with E-state index < -0.39 is 0 Å². The van der Waals surface area contributed by atoms with Gasteiger partial charge < -0.3 is 9.47 Å². The van der Waals surface area contributed by atoms with Crippen molar-refractivity contribution in [1.29, 1.82) is 0 Å². The number of carbonyl (C=O) groups excluding carboxylic acids is 1. The standard InChI is InChI=1S/C33H43NO3/c1-2-3-19-37-31-16-15-30(36-20-7-10-24-8-5-4-6-9-24)27-21-29-28-14-13-26(35)22-33(28,32(27)31)17-18-34(29)23-25-11-12-25/h4-6,8-9,15-16,25,28-29H,2-3,7,10-14,17-23H2,1H3/t28-,29+,33-/m0/s1. The van der Waals surface area contributed by atoms with E-state index in [2.05, 4.69) is 54.3 Å². The largest absolute Gasteiger partial charge is 0.493 e. The molecule has 4 heteroatoms. The maximum Gasteiger partial charge on any atom is 0.133 e. The summed E-state index contributed by atoms with van der Waals surface area (Å²) in [5.41, 5.74) is 3.95. The highest BCUT2D eigenvalue weighted by molar-refractivity contribution is 5.82. The van der Waals surface area contributed by atoms with Gasteiger partial charge in [0.05, 0.1) is 13.2 Å². The smallest absolute Gasteiger partial charge is 0.133 e. The lowest BCUT2D eigenvalue weighted by Crippen LogP contribution is -2.62. The number of nitrogens with zero attached hydrogens (tertiary/aromatic N) is 1. The van der Waals surface area contributed by atoms with Crippen molar-refractivity contribution in [2.75, 3.05) is 26.3 Å². The Hall–Kier alpha value is -2.33. The van der Waals surface area contributed by atoms with Gasteiger partial charge >= 0.3 is 0 Å². The van der Waals surface area contributed by atoms with Crippen molar-refractivity contribution in [2.24, 2.45) is 11.8 Å². The number of piperidine rings is 1. The van der Waals surface area contributed by atoms with Gasteiger partial charge in [0.25, 0.3) is 0 Å². The summed E-state index contributed by atoms with van der Waals surface area (Å²) >= 11 is 0. The van der Waals surface area contributed by atoms with Crippen molar-refractivity contribution in [2.45, 2.75) is 89.0 Å². The Labute approximate surface area is 222 Å². The van der Waals surface area contributed by atoms with E-state index in [4.69, 9.17) is 9.47 Å². The van der Waals surface area contributed by atoms with E-state index in [1.54, 1.807) is 0 Å². The highest BCUT2D eigenvalue weighted by Gasteiger charge is 2.57. The Morgan fingerprint density at radius 1 is 0.973 bits per heavy atom. The number of rotatable bonds is 11. The van der Waals surface area contributed by atoms with E-state index in [0.29, 0.717) is 30.8 Å². The molecule has 0 aromatic heterocycles. The lowest BCUT2D eigenvalue weighted by Gasteiger charge is -2.59. The van der Waals surface area contributed by atoms with Crippen LogP contribution < -0.4 is 9.47 Å². The molecular formula is C33H43NO3. The van der Waals surface area contributed by atoms with Gasteiger partial charge in [-0.25, -0.2) is 0 Å². The molecule has 3 atom stereocenters. The first-order valence-corrected chi connectivity index (χ1v) is 14.9. The Balaban J connectivity index is 1.31. The number of likely N-dealkylation sites (tertiary alicyclic amines) is 1. The van der Waals surface area contributed by atoms with Crippen LogP contribution in [0.1, 0.15) is 81.4 Å². The number of unbranched alkanes of at least 4 members (excludes halogenated alkanes) is 1. The molecule has 3 aliphatic carbocycles. The van der Waals surface area contributed by atoms with Gasteiger partial charge in [-0.05, 0) is 87.4 Å². The van der Waals surface area contributed by atoms with E-state index in [1.165, 1.54) is 36.1 Å². The van der Waals surface area contributed by atoms with Crippen LogP contribution in [-0.4, -0.2) is 43.0 Å². The molecule has 3 fully saturated rings. The summed E-state index contributed by atoms with van der Waals surface area (Å²) in [5.74, 6) is 3.92. The minimum absolute atomic E-state index is 0.0847. The third-order valence-corrected chi connectivity index (χ3v) is 9.53. The molecular weight excluding hydrogens is 458 g/mol. The quantitative estimate of drug-likeness (QED) is 0.328. The minimum atomic E-state index is -0.0847. The fraction of sp³-hybridized carbons (Fsp3) is 0.606. The molecule has 0 N–H and O–H groups in total. The number of hydrogen-bond acceptors (Lipinski definition) is 4. The lowest BCUT2D eigenvalue weighted by atomic mass is 9.52. The summed E-state index contributed by atoms with van der Waals surface area (Å²) in [5, 5.41) is 0. The normalized spacial score (nSPS) is 26.9. The number of ketones is 1. The molecule has 37 heavy (non-hydrogen) atoms. The average Bonchev–Trinajstić information content (AvgIpc) is 3.73. The second kappa shape index (κ2) is 10.8. The molecule has 4 nitrogen and oxygen atoms in total. The van der Waals surface area contributed by atoms with Gasteiger partial charge in [-0.3, -0.25) is 9.69 Å². The number of ether oxygens (including phenoxy) is 2. The van der Waals surface area contributed by atoms with Crippen molar-refractivity contribution >= 4 is 5.78 Å². The lowest BCUT2D eigenvalue weighted by molar-refractivity contribution is -0.127. The number of fused-ring (bicyclic) bond motifs is 1. The molecule has 0 spiro atoms. The topological polar surface area (TPSA) is 38.8 Å². The van der Waals surface area contributed by atoms with Crippen LogP contribution in [0.4, 0.5) is 0 Å². The SMILES string of the molecule is CCCCOc1ccc(OCCCc2ccccc2)c2c1[C@]13CCN(CC4CC4)[C@H](C2)[C@@H]1CCC(=O)C3. The second-order valence-corrected chi connectivity index (χ2v) is 12.0. The van der Waals surface area contributed by atoms with Gasteiger partial charge in [-0.1, -0.05) is 43.7 Å². The zero-order chi connectivity index (χ0) is 25.2. The summed E-state index contributed by atoms with van der Waals surface area (Å²) in [6.07, 6.45) is 11.5. The fourth-order valence-corrected chi connectivity index (χ4v) is 7.54. The van der Waals surface area contributed by atoms with Crippen LogP contribution in [0.5, 0.6) is 11.5 Å². The molecule has 2 saturated carbocycles. The zero-order valence-electron chi connectivity index (χ0n) is 22.6. The van der Waals surface area contributed by atoms with Crippen LogP contribution >= 0.6 is 0 Å². The fourth-order valence-electron chi connectivity index (χ4n) is 7.54. The monoisotopic (exact) mass is 501 g/mol. The number of carbonyl (C=O) groups is 1. The Kier molecular flexibility index (Phi) is 7.29. The van der Waals surface area contributed by atoms with Gasteiger partial charge in [0, 0.05) is 42.0 Å². The van der Waals surface area contributed by atoms with Crippen LogP contribution in [0, 0.1) is 11.8 Å². The van der Waals surface area contributed by atoms with E-state index in [0.717, 1.165) is 81.9 Å². The predicted molar refractivity (Wildman–Crippen MR) is 148 cm³/mol. The van der Waals surface area contributed by atoms with Gasteiger partial charge in [0.1, 0.15) is 17.3 Å². The Morgan fingerprint density at radius 2 is 1.76 bits per heavy atom. The molecule has 1 aliphatic heterocycles. The maximum absolute atomic E-state index is 13.0.